The van der Waals surface area contributed by atoms with Gasteiger partial charge in [-0.2, -0.15) is 5.10 Å². The van der Waals surface area contributed by atoms with E-state index in [-0.39, 0.29) is 6.04 Å². The van der Waals surface area contributed by atoms with Gasteiger partial charge in [0.15, 0.2) is 5.96 Å². The Labute approximate surface area is 142 Å². The van der Waals surface area contributed by atoms with Crippen molar-refractivity contribution < 1.29 is 0 Å². The molecule has 0 amide bonds. The van der Waals surface area contributed by atoms with Gasteiger partial charge >= 0.3 is 0 Å². The number of benzene rings is 1. The average Bonchev–Trinajstić information content (AvgIpc) is 2.77. The molecule has 1 aromatic heterocycles. The highest BCUT2D eigenvalue weighted by Gasteiger charge is 2.13. The van der Waals surface area contributed by atoms with Crippen molar-refractivity contribution in [1.29, 1.82) is 0 Å². The van der Waals surface area contributed by atoms with Crippen LogP contribution < -0.4 is 10.6 Å². The lowest BCUT2D eigenvalue weighted by Gasteiger charge is -2.19. The van der Waals surface area contributed by atoms with Gasteiger partial charge in [-0.05, 0) is 32.4 Å². The van der Waals surface area contributed by atoms with Crippen LogP contribution in [0.3, 0.4) is 0 Å². The molecule has 1 atom stereocenters. The molecule has 124 valence electrons. The third-order valence-corrected chi connectivity index (χ3v) is 4.38. The molecule has 0 fully saturated rings. The third-order valence-electron chi connectivity index (χ3n) is 4.04. The van der Waals surface area contributed by atoms with Crippen LogP contribution in [0.4, 0.5) is 0 Å². The van der Waals surface area contributed by atoms with E-state index in [2.05, 4.69) is 34.6 Å². The van der Waals surface area contributed by atoms with Crippen LogP contribution in [-0.2, 0) is 13.6 Å². The van der Waals surface area contributed by atoms with Crippen LogP contribution in [-0.4, -0.2) is 22.8 Å². The van der Waals surface area contributed by atoms with E-state index < -0.39 is 0 Å². The zero-order valence-electron chi connectivity index (χ0n) is 14.3. The highest BCUT2D eigenvalue weighted by atomic mass is 35.5. The van der Waals surface area contributed by atoms with Crippen LogP contribution in [0, 0.1) is 13.8 Å². The molecule has 2 aromatic rings. The molecule has 5 nitrogen and oxygen atoms in total. The SMILES string of the molecule is CN=C(NCc1c(C)nn(C)c1C)NC(C)c1ccccc1Cl. The molecule has 6 heteroatoms. The van der Waals surface area contributed by atoms with Gasteiger partial charge in [-0.1, -0.05) is 29.8 Å². The number of aromatic nitrogens is 2. The number of guanidine groups is 1. The van der Waals surface area contributed by atoms with Gasteiger partial charge in [0.1, 0.15) is 0 Å². The molecule has 1 heterocycles. The number of aryl methyl sites for hydroxylation is 2. The minimum absolute atomic E-state index is 0.0611. The molecule has 0 aliphatic rings. The molecule has 0 saturated heterocycles. The van der Waals surface area contributed by atoms with Gasteiger partial charge in [-0.3, -0.25) is 9.67 Å². The minimum atomic E-state index is 0.0611. The molecule has 1 aromatic carbocycles. The fraction of sp³-hybridized carbons (Fsp3) is 0.412. The van der Waals surface area contributed by atoms with Crippen molar-refractivity contribution in [3.8, 4) is 0 Å². The molecule has 0 bridgehead atoms. The van der Waals surface area contributed by atoms with Crippen molar-refractivity contribution in [2.45, 2.75) is 33.4 Å². The molecule has 23 heavy (non-hydrogen) atoms. The Morgan fingerprint density at radius 1 is 1.35 bits per heavy atom. The molecule has 1 unspecified atom stereocenters. The summed E-state index contributed by atoms with van der Waals surface area (Å²) in [6, 6.07) is 7.89. The molecule has 2 N–H and O–H groups in total. The van der Waals surface area contributed by atoms with E-state index in [1.165, 1.54) is 5.56 Å². The average molecular weight is 334 g/mol. The summed E-state index contributed by atoms with van der Waals surface area (Å²) in [4.78, 5) is 4.29. The van der Waals surface area contributed by atoms with Gasteiger partial charge in [-0.15, -0.1) is 0 Å². The van der Waals surface area contributed by atoms with Crippen LogP contribution in [0.5, 0.6) is 0 Å². The summed E-state index contributed by atoms with van der Waals surface area (Å²) in [6.07, 6.45) is 0. The van der Waals surface area contributed by atoms with Gasteiger partial charge in [0.25, 0.3) is 0 Å². The van der Waals surface area contributed by atoms with Gasteiger partial charge in [0, 0.05) is 36.9 Å². The van der Waals surface area contributed by atoms with Gasteiger partial charge in [-0.25, -0.2) is 0 Å². The van der Waals surface area contributed by atoms with E-state index in [9.17, 15) is 0 Å². The highest BCUT2D eigenvalue weighted by Crippen LogP contribution is 2.22. The first-order chi connectivity index (χ1) is 10.9. The van der Waals surface area contributed by atoms with Crippen LogP contribution >= 0.6 is 11.6 Å². The van der Waals surface area contributed by atoms with Crippen molar-refractivity contribution in [3.05, 3.63) is 51.8 Å². The van der Waals surface area contributed by atoms with E-state index in [0.717, 1.165) is 27.9 Å². The first kappa shape index (κ1) is 17.3. The summed E-state index contributed by atoms with van der Waals surface area (Å²) in [7, 11) is 3.72. The number of hydrogen-bond donors (Lipinski definition) is 2. The Hall–Kier alpha value is -2.01. The fourth-order valence-electron chi connectivity index (χ4n) is 2.55. The molecule has 0 radical (unpaired) electrons. The first-order valence-corrected chi connectivity index (χ1v) is 8.02. The Morgan fingerprint density at radius 2 is 2.04 bits per heavy atom. The lowest BCUT2D eigenvalue weighted by molar-refractivity contribution is 0.684. The number of hydrogen-bond acceptors (Lipinski definition) is 2. The minimum Gasteiger partial charge on any atom is -0.352 e. The third kappa shape index (κ3) is 4.05. The number of aliphatic imine (C=N–C) groups is 1. The van der Waals surface area contributed by atoms with Gasteiger partial charge in [0.05, 0.1) is 11.7 Å². The summed E-state index contributed by atoms with van der Waals surface area (Å²) >= 11 is 6.25. The van der Waals surface area contributed by atoms with E-state index in [4.69, 9.17) is 11.6 Å². The predicted octanol–water partition coefficient (Wildman–Crippen LogP) is 3.12. The number of halogens is 1. The molecule has 0 saturated carbocycles. The summed E-state index contributed by atoms with van der Waals surface area (Å²) in [5, 5.41) is 11.9. The number of nitrogens with one attached hydrogen (secondary N) is 2. The van der Waals surface area contributed by atoms with E-state index in [0.29, 0.717) is 6.54 Å². The standard InChI is InChI=1S/C17H24ClN5/c1-11(14-8-6-7-9-16(14)18)21-17(19-4)20-10-15-12(2)22-23(5)13(15)3/h6-9,11H,10H2,1-5H3,(H2,19,20,21). The molecule has 0 aliphatic heterocycles. The second-order valence-corrected chi connectivity index (χ2v) is 5.99. The normalized spacial score (nSPS) is 13.0. The first-order valence-electron chi connectivity index (χ1n) is 7.64. The molecule has 2 rings (SSSR count). The number of nitrogens with zero attached hydrogens (tertiary/aromatic N) is 3. The van der Waals surface area contributed by atoms with E-state index in [1.54, 1.807) is 7.05 Å². The van der Waals surface area contributed by atoms with Crippen molar-refractivity contribution in [3.63, 3.8) is 0 Å². The second kappa shape index (κ2) is 7.51. The summed E-state index contributed by atoms with van der Waals surface area (Å²) in [6.45, 7) is 6.83. The zero-order chi connectivity index (χ0) is 17.0. The van der Waals surface area contributed by atoms with E-state index >= 15 is 0 Å². The molecular weight excluding hydrogens is 310 g/mol. The second-order valence-electron chi connectivity index (χ2n) is 5.59. The monoisotopic (exact) mass is 333 g/mol. The van der Waals surface area contributed by atoms with Crippen LogP contribution in [0.1, 0.15) is 35.5 Å². The van der Waals surface area contributed by atoms with Gasteiger partial charge in [0.2, 0.25) is 0 Å². The largest absolute Gasteiger partial charge is 0.352 e. The Kier molecular flexibility index (Phi) is 5.66. The topological polar surface area (TPSA) is 54.2 Å². The maximum absolute atomic E-state index is 6.25. The van der Waals surface area contributed by atoms with Crippen molar-refractivity contribution >= 4 is 17.6 Å². The van der Waals surface area contributed by atoms with Crippen molar-refractivity contribution in [2.24, 2.45) is 12.0 Å². The molecular formula is C17H24ClN5. The summed E-state index contributed by atoms with van der Waals surface area (Å²) in [5.74, 6) is 0.736. The summed E-state index contributed by atoms with van der Waals surface area (Å²) in [5.41, 5.74) is 4.43. The zero-order valence-corrected chi connectivity index (χ0v) is 15.1. The molecule has 0 spiro atoms. The maximum atomic E-state index is 6.25. The van der Waals surface area contributed by atoms with Crippen LogP contribution in [0.15, 0.2) is 29.3 Å². The van der Waals surface area contributed by atoms with Crippen molar-refractivity contribution in [2.75, 3.05) is 7.05 Å². The van der Waals surface area contributed by atoms with Crippen molar-refractivity contribution in [1.82, 2.24) is 20.4 Å². The Bertz CT molecular complexity index is 705. The van der Waals surface area contributed by atoms with Crippen LogP contribution in [0.2, 0.25) is 5.02 Å². The summed E-state index contributed by atoms with van der Waals surface area (Å²) < 4.78 is 1.90. The fourth-order valence-corrected chi connectivity index (χ4v) is 2.85. The van der Waals surface area contributed by atoms with Gasteiger partial charge < -0.3 is 10.6 Å². The highest BCUT2D eigenvalue weighted by molar-refractivity contribution is 6.31. The number of rotatable bonds is 4. The lowest BCUT2D eigenvalue weighted by Crippen LogP contribution is -2.38. The Morgan fingerprint density at radius 3 is 2.61 bits per heavy atom. The smallest absolute Gasteiger partial charge is 0.191 e. The van der Waals surface area contributed by atoms with Crippen LogP contribution in [0.25, 0.3) is 0 Å². The molecule has 0 aliphatic carbocycles. The van der Waals surface area contributed by atoms with E-state index in [1.807, 2.05) is 42.9 Å². The predicted molar refractivity (Wildman–Crippen MR) is 95.9 cm³/mol. The Balaban J connectivity index is 2.03. The maximum Gasteiger partial charge on any atom is 0.191 e. The lowest BCUT2D eigenvalue weighted by atomic mass is 10.1. The quantitative estimate of drug-likeness (QED) is 0.667.